The number of alkyl halides is 1. The second-order valence-electron chi connectivity index (χ2n) is 4.94. The molecule has 5 heteroatoms. The number of hydrogen-bond donors (Lipinski definition) is 0. The highest BCUT2D eigenvalue weighted by molar-refractivity contribution is 9.10. The molecule has 1 fully saturated rings. The Morgan fingerprint density at radius 2 is 2.10 bits per heavy atom. The first-order chi connectivity index (χ1) is 9.56. The quantitative estimate of drug-likeness (QED) is 0.614. The van der Waals surface area contributed by atoms with Crippen LogP contribution in [0.25, 0.3) is 5.57 Å². The minimum Gasteiger partial charge on any atom is -0.469 e. The summed E-state index contributed by atoms with van der Waals surface area (Å²) < 4.78 is 9.08. The Bertz CT molecular complexity index is 595. The number of rotatable bonds is 2. The first-order valence-electron chi connectivity index (χ1n) is 6.32. The van der Waals surface area contributed by atoms with Crippen LogP contribution in [0, 0.1) is 5.92 Å². The highest BCUT2D eigenvalue weighted by Gasteiger charge is 2.57. The van der Waals surface area contributed by atoms with Crippen molar-refractivity contribution in [1.82, 2.24) is 0 Å². The van der Waals surface area contributed by atoms with Gasteiger partial charge in [0.05, 0.1) is 13.0 Å². The third-order valence-electron chi connectivity index (χ3n) is 3.82. The van der Waals surface area contributed by atoms with Gasteiger partial charge >= 0.3 is 11.9 Å². The van der Waals surface area contributed by atoms with Crippen LogP contribution >= 0.6 is 15.9 Å². The average Bonchev–Trinajstić information content (AvgIpc) is 2.48. The van der Waals surface area contributed by atoms with Gasteiger partial charge in [-0.3, -0.25) is 9.59 Å². The fraction of sp³-hybridized carbons (Fsp3) is 0.333. The maximum absolute atomic E-state index is 12.1. The Hall–Kier alpha value is -1.62. The summed E-state index contributed by atoms with van der Waals surface area (Å²) >= 11 is 3.39. The van der Waals surface area contributed by atoms with Crippen molar-refractivity contribution < 1.29 is 19.1 Å². The van der Waals surface area contributed by atoms with Gasteiger partial charge in [0.25, 0.3) is 0 Å². The molecule has 0 N–H and O–H groups in total. The number of benzene rings is 1. The number of carbonyl (C=O) groups excluding carboxylic acids is 2. The van der Waals surface area contributed by atoms with Gasteiger partial charge in [-0.25, -0.2) is 0 Å². The number of ether oxygens (including phenoxy) is 2. The van der Waals surface area contributed by atoms with Crippen molar-refractivity contribution in [3.8, 4) is 0 Å². The lowest BCUT2D eigenvalue weighted by atomic mass is 9.74. The smallest absolute Gasteiger partial charge is 0.328 e. The Labute approximate surface area is 124 Å². The van der Waals surface area contributed by atoms with E-state index in [2.05, 4.69) is 15.9 Å². The van der Waals surface area contributed by atoms with E-state index in [0.29, 0.717) is 6.42 Å². The second kappa shape index (κ2) is 4.74. The van der Waals surface area contributed by atoms with Crippen LogP contribution in [0.1, 0.15) is 12.0 Å². The van der Waals surface area contributed by atoms with Crippen LogP contribution in [-0.4, -0.2) is 29.5 Å². The van der Waals surface area contributed by atoms with Crippen molar-refractivity contribution >= 4 is 33.4 Å². The van der Waals surface area contributed by atoms with E-state index < -0.39 is 28.3 Å². The van der Waals surface area contributed by atoms with Crippen LogP contribution in [-0.2, 0) is 19.1 Å². The number of esters is 2. The normalized spacial score (nSPS) is 31.5. The van der Waals surface area contributed by atoms with Gasteiger partial charge in [0.1, 0.15) is 6.10 Å². The maximum atomic E-state index is 12.1. The molecule has 3 atom stereocenters. The lowest BCUT2D eigenvalue weighted by molar-refractivity contribution is -0.166. The zero-order valence-electron chi connectivity index (χ0n) is 10.8. The van der Waals surface area contributed by atoms with Gasteiger partial charge in [0, 0.05) is 6.42 Å². The van der Waals surface area contributed by atoms with Crippen LogP contribution in [0.4, 0.5) is 0 Å². The minimum absolute atomic E-state index is 0.395. The number of hydrogen-bond acceptors (Lipinski definition) is 4. The van der Waals surface area contributed by atoms with Gasteiger partial charge in [-0.2, -0.15) is 0 Å². The second-order valence-corrected chi connectivity index (χ2v) is 6.25. The van der Waals surface area contributed by atoms with E-state index >= 15 is 0 Å². The van der Waals surface area contributed by atoms with Gasteiger partial charge < -0.3 is 9.47 Å². The average molecular weight is 337 g/mol. The van der Waals surface area contributed by atoms with Crippen LogP contribution in [0.2, 0.25) is 0 Å². The third kappa shape index (κ3) is 1.88. The van der Waals surface area contributed by atoms with E-state index in [9.17, 15) is 9.59 Å². The molecule has 1 aliphatic carbocycles. The molecule has 0 amide bonds. The van der Waals surface area contributed by atoms with Crippen molar-refractivity contribution in [1.29, 1.82) is 0 Å². The third-order valence-corrected chi connectivity index (χ3v) is 4.93. The lowest BCUT2D eigenvalue weighted by Crippen LogP contribution is -2.55. The minimum atomic E-state index is -1.12. The predicted molar refractivity (Wildman–Crippen MR) is 76.1 cm³/mol. The van der Waals surface area contributed by atoms with E-state index in [0.717, 1.165) is 11.1 Å². The molecular weight excluding hydrogens is 324 g/mol. The molecule has 0 saturated carbocycles. The van der Waals surface area contributed by atoms with Crippen LogP contribution in [0.15, 0.2) is 36.4 Å². The molecule has 2 bridgehead atoms. The van der Waals surface area contributed by atoms with E-state index in [1.807, 2.05) is 30.3 Å². The molecule has 20 heavy (non-hydrogen) atoms. The predicted octanol–water partition coefficient (Wildman–Crippen LogP) is 2.32. The molecule has 4 nitrogen and oxygen atoms in total. The molecular formula is C15H13BrO4. The summed E-state index contributed by atoms with van der Waals surface area (Å²) in [6, 6.07) is 9.71. The van der Waals surface area contributed by atoms with Crippen molar-refractivity contribution in [2.24, 2.45) is 5.92 Å². The monoisotopic (exact) mass is 336 g/mol. The van der Waals surface area contributed by atoms with Gasteiger partial charge in [0.2, 0.25) is 0 Å². The molecule has 1 saturated heterocycles. The van der Waals surface area contributed by atoms with E-state index in [1.165, 1.54) is 7.11 Å². The summed E-state index contributed by atoms with van der Waals surface area (Å²) in [6.07, 6.45) is 1.84. The number of fused-ring (bicyclic) bond motifs is 2. The first-order valence-corrected chi connectivity index (χ1v) is 7.11. The molecule has 3 unspecified atom stereocenters. The summed E-state index contributed by atoms with van der Waals surface area (Å²) in [7, 11) is 1.33. The topological polar surface area (TPSA) is 52.6 Å². The SMILES string of the molecule is COC(=O)C1CC2OC(=O)C1(Br)C=C2c1ccccc1. The van der Waals surface area contributed by atoms with E-state index in [-0.39, 0.29) is 0 Å². The molecule has 2 aliphatic heterocycles. The van der Waals surface area contributed by atoms with Crippen LogP contribution in [0.5, 0.6) is 0 Å². The Morgan fingerprint density at radius 1 is 1.40 bits per heavy atom. The molecule has 4 rings (SSSR count). The number of halogens is 1. The zero-order chi connectivity index (χ0) is 14.3. The standard InChI is InChI=1S/C15H13BrO4/c1-19-13(17)11-7-12-10(9-5-3-2-4-6-9)8-15(11,16)14(18)20-12/h2-6,8,11-12H,7H2,1H3. The molecule has 3 aliphatic rings. The molecule has 0 radical (unpaired) electrons. The van der Waals surface area contributed by atoms with Gasteiger partial charge in [-0.15, -0.1) is 0 Å². The zero-order valence-corrected chi connectivity index (χ0v) is 12.4. The largest absolute Gasteiger partial charge is 0.469 e. The maximum Gasteiger partial charge on any atom is 0.328 e. The van der Waals surface area contributed by atoms with Crippen molar-refractivity contribution in [3.05, 3.63) is 42.0 Å². The lowest BCUT2D eigenvalue weighted by Gasteiger charge is -2.44. The highest BCUT2D eigenvalue weighted by atomic mass is 79.9. The van der Waals surface area contributed by atoms with Gasteiger partial charge in [0.15, 0.2) is 4.32 Å². The molecule has 0 spiro atoms. The van der Waals surface area contributed by atoms with Gasteiger partial charge in [-0.05, 0) is 17.2 Å². The molecule has 104 valence electrons. The number of methoxy groups -OCH3 is 1. The fourth-order valence-electron chi connectivity index (χ4n) is 2.77. The summed E-state index contributed by atoms with van der Waals surface area (Å²) in [6.45, 7) is 0. The Kier molecular flexibility index (Phi) is 3.17. The number of carbonyl (C=O) groups is 2. The Morgan fingerprint density at radius 3 is 2.75 bits per heavy atom. The van der Waals surface area contributed by atoms with Crippen molar-refractivity contribution in [2.45, 2.75) is 16.8 Å². The van der Waals surface area contributed by atoms with Crippen molar-refractivity contribution in [2.75, 3.05) is 7.11 Å². The van der Waals surface area contributed by atoms with E-state index in [1.54, 1.807) is 6.08 Å². The molecule has 2 heterocycles. The Balaban J connectivity index is 2.06. The van der Waals surface area contributed by atoms with Crippen LogP contribution in [0.3, 0.4) is 0 Å². The van der Waals surface area contributed by atoms with Gasteiger partial charge in [-0.1, -0.05) is 46.3 Å². The molecule has 1 aromatic rings. The van der Waals surface area contributed by atoms with Crippen molar-refractivity contribution in [3.63, 3.8) is 0 Å². The van der Waals surface area contributed by atoms with Crippen LogP contribution < -0.4 is 0 Å². The summed E-state index contributed by atoms with van der Waals surface area (Å²) in [4.78, 5) is 23.9. The first kappa shape index (κ1) is 13.4. The summed E-state index contributed by atoms with van der Waals surface area (Å²) in [5.41, 5.74) is 1.93. The molecule has 1 aromatic carbocycles. The summed E-state index contributed by atoms with van der Waals surface area (Å²) in [5.74, 6) is -1.37. The highest BCUT2D eigenvalue weighted by Crippen LogP contribution is 2.49. The van der Waals surface area contributed by atoms with E-state index in [4.69, 9.17) is 9.47 Å². The fourth-order valence-corrected chi connectivity index (χ4v) is 3.49. The molecule has 0 aromatic heterocycles. The summed E-state index contributed by atoms with van der Waals surface area (Å²) in [5, 5.41) is 0.